The molecule has 0 aliphatic carbocycles. The van der Waals surface area contributed by atoms with E-state index in [9.17, 15) is 9.59 Å². The number of nitrogens with one attached hydrogen (secondary N) is 2. The summed E-state index contributed by atoms with van der Waals surface area (Å²) in [6, 6.07) is -0.758. The molecule has 0 aromatic carbocycles. The van der Waals surface area contributed by atoms with Gasteiger partial charge in [-0.25, -0.2) is 9.59 Å². The second kappa shape index (κ2) is 3.08. The van der Waals surface area contributed by atoms with Crippen LogP contribution in [0.25, 0.3) is 0 Å². The van der Waals surface area contributed by atoms with E-state index in [1.807, 2.05) is 6.08 Å². The minimum atomic E-state index is -0.436. The molecule has 0 radical (unpaired) electrons. The Hall–Kier alpha value is -1.52. The van der Waals surface area contributed by atoms with Crippen LogP contribution in [-0.2, 0) is 0 Å². The lowest BCUT2D eigenvalue weighted by Crippen LogP contribution is -2.55. The van der Waals surface area contributed by atoms with Crippen LogP contribution in [0.5, 0.6) is 0 Å². The van der Waals surface area contributed by atoms with E-state index in [0.29, 0.717) is 12.4 Å². The second-order valence-electron chi connectivity index (χ2n) is 3.12. The Kier molecular flexibility index (Phi) is 1.92. The van der Waals surface area contributed by atoms with E-state index in [1.165, 1.54) is 0 Å². The van der Waals surface area contributed by atoms with Crippen LogP contribution in [0.4, 0.5) is 9.59 Å². The van der Waals surface area contributed by atoms with Crippen LogP contribution in [0, 0.1) is 0 Å². The van der Waals surface area contributed by atoms with Crippen LogP contribution >= 0.6 is 0 Å². The van der Waals surface area contributed by atoms with Crippen LogP contribution in [0.15, 0.2) is 11.9 Å². The fraction of sp³-hybridized carbons (Fsp3) is 0.500. The lowest BCUT2D eigenvalue weighted by Gasteiger charge is -2.28. The number of amides is 4. The van der Waals surface area contributed by atoms with E-state index >= 15 is 0 Å². The van der Waals surface area contributed by atoms with Crippen LogP contribution in [-0.4, -0.2) is 23.5 Å². The molecule has 0 aromatic rings. The number of rotatable bonds is 0. The Morgan fingerprint density at radius 1 is 1.23 bits per heavy atom. The number of hydrogen-bond acceptors (Lipinski definition) is 2. The molecule has 2 heterocycles. The molecule has 2 rings (SSSR count). The number of urea groups is 2. The average molecular weight is 181 g/mol. The molecule has 0 saturated carbocycles. The standard InChI is InChI=1S/C8H11N3O2/c12-7-9-6-4-2-1-3-5-11(6)8(13)10-7/h4H,1-3,5H2,(H2,9,10,12,13). The fourth-order valence-electron chi connectivity index (χ4n) is 1.53. The molecule has 5 heteroatoms. The van der Waals surface area contributed by atoms with Crippen molar-refractivity contribution >= 4 is 12.1 Å². The van der Waals surface area contributed by atoms with Crippen molar-refractivity contribution in [2.45, 2.75) is 19.3 Å². The molecule has 2 aliphatic rings. The van der Waals surface area contributed by atoms with Crippen LogP contribution in [0.2, 0.25) is 0 Å². The molecule has 0 spiro atoms. The normalized spacial score (nSPS) is 22.5. The maximum absolute atomic E-state index is 11.3. The first kappa shape index (κ1) is 8.10. The molecule has 1 fully saturated rings. The SMILES string of the molecule is O=C1NC(=O)N2CCCCC=C2N1. The van der Waals surface area contributed by atoms with Gasteiger partial charge in [0.05, 0.1) is 0 Å². The van der Waals surface area contributed by atoms with E-state index in [-0.39, 0.29) is 6.03 Å². The second-order valence-corrected chi connectivity index (χ2v) is 3.12. The predicted octanol–water partition coefficient (Wildman–Crippen LogP) is 0.746. The van der Waals surface area contributed by atoms with Crippen molar-refractivity contribution in [3.63, 3.8) is 0 Å². The predicted molar refractivity (Wildman–Crippen MR) is 45.7 cm³/mol. The summed E-state index contributed by atoms with van der Waals surface area (Å²) in [4.78, 5) is 23.8. The first-order valence-electron chi connectivity index (χ1n) is 4.37. The summed E-state index contributed by atoms with van der Waals surface area (Å²) in [5.41, 5.74) is 0. The third-order valence-corrected chi connectivity index (χ3v) is 2.17. The molecular weight excluding hydrogens is 170 g/mol. The summed E-state index contributed by atoms with van der Waals surface area (Å²) in [6.45, 7) is 0.679. The maximum Gasteiger partial charge on any atom is 0.331 e. The van der Waals surface area contributed by atoms with Crippen molar-refractivity contribution in [3.05, 3.63) is 11.9 Å². The smallest absolute Gasteiger partial charge is 0.294 e. The first-order chi connectivity index (χ1) is 6.27. The van der Waals surface area contributed by atoms with Crippen molar-refractivity contribution < 1.29 is 9.59 Å². The maximum atomic E-state index is 11.3. The average Bonchev–Trinajstić information content (AvgIpc) is 2.28. The lowest BCUT2D eigenvalue weighted by molar-refractivity contribution is 0.193. The molecule has 2 N–H and O–H groups in total. The zero-order valence-electron chi connectivity index (χ0n) is 7.17. The molecule has 0 atom stereocenters. The quantitative estimate of drug-likeness (QED) is 0.579. The summed E-state index contributed by atoms with van der Waals surface area (Å²) in [6.07, 6.45) is 4.84. The van der Waals surface area contributed by atoms with E-state index < -0.39 is 6.03 Å². The van der Waals surface area contributed by atoms with Crippen molar-refractivity contribution in [1.82, 2.24) is 15.5 Å². The van der Waals surface area contributed by atoms with Gasteiger partial charge in [0.1, 0.15) is 5.82 Å². The van der Waals surface area contributed by atoms with Gasteiger partial charge in [0.15, 0.2) is 0 Å². The van der Waals surface area contributed by atoms with Gasteiger partial charge >= 0.3 is 12.1 Å². The molecule has 4 amide bonds. The number of hydrogen-bond donors (Lipinski definition) is 2. The molecule has 13 heavy (non-hydrogen) atoms. The van der Waals surface area contributed by atoms with Gasteiger partial charge in [-0.1, -0.05) is 0 Å². The third-order valence-electron chi connectivity index (χ3n) is 2.17. The Morgan fingerprint density at radius 2 is 2.08 bits per heavy atom. The molecule has 0 aromatic heterocycles. The van der Waals surface area contributed by atoms with Gasteiger partial charge in [0.2, 0.25) is 0 Å². The third kappa shape index (κ3) is 1.49. The molecule has 0 bridgehead atoms. The number of nitrogens with zero attached hydrogens (tertiary/aromatic N) is 1. The van der Waals surface area contributed by atoms with E-state index in [0.717, 1.165) is 19.3 Å². The zero-order chi connectivity index (χ0) is 9.26. The van der Waals surface area contributed by atoms with Gasteiger partial charge in [0.25, 0.3) is 0 Å². The molecule has 0 unspecified atom stereocenters. The molecule has 2 aliphatic heterocycles. The van der Waals surface area contributed by atoms with Gasteiger partial charge in [-0.2, -0.15) is 0 Å². The van der Waals surface area contributed by atoms with Gasteiger partial charge in [-0.3, -0.25) is 15.5 Å². The Bertz CT molecular complexity index is 285. The number of allylic oxidation sites excluding steroid dienone is 1. The summed E-state index contributed by atoms with van der Waals surface area (Å²) < 4.78 is 0. The van der Waals surface area contributed by atoms with Gasteiger partial charge in [-0.15, -0.1) is 0 Å². The number of carbonyl (C=O) groups excluding carboxylic acids is 2. The first-order valence-corrected chi connectivity index (χ1v) is 4.37. The van der Waals surface area contributed by atoms with E-state index in [4.69, 9.17) is 0 Å². The van der Waals surface area contributed by atoms with E-state index in [2.05, 4.69) is 10.6 Å². The van der Waals surface area contributed by atoms with Gasteiger partial charge in [-0.05, 0) is 25.3 Å². The molecular formula is C8H11N3O2. The summed E-state index contributed by atoms with van der Waals surface area (Å²) in [5, 5.41) is 4.81. The number of carbonyl (C=O) groups is 2. The van der Waals surface area contributed by atoms with E-state index in [1.54, 1.807) is 4.90 Å². The summed E-state index contributed by atoms with van der Waals surface area (Å²) >= 11 is 0. The van der Waals surface area contributed by atoms with Crippen LogP contribution < -0.4 is 10.6 Å². The van der Waals surface area contributed by atoms with Crippen LogP contribution in [0.1, 0.15) is 19.3 Å². The number of imide groups is 1. The lowest BCUT2D eigenvalue weighted by atomic mass is 10.2. The minimum absolute atomic E-state index is 0.322. The van der Waals surface area contributed by atoms with Crippen molar-refractivity contribution in [1.29, 1.82) is 0 Å². The van der Waals surface area contributed by atoms with Crippen molar-refractivity contribution in [2.24, 2.45) is 0 Å². The minimum Gasteiger partial charge on any atom is -0.294 e. The molecule has 5 nitrogen and oxygen atoms in total. The highest BCUT2D eigenvalue weighted by atomic mass is 16.2. The van der Waals surface area contributed by atoms with Gasteiger partial charge in [0, 0.05) is 6.54 Å². The Labute approximate surface area is 75.8 Å². The fourth-order valence-corrected chi connectivity index (χ4v) is 1.53. The van der Waals surface area contributed by atoms with Gasteiger partial charge < -0.3 is 0 Å². The zero-order valence-corrected chi connectivity index (χ0v) is 7.17. The highest BCUT2D eigenvalue weighted by molar-refractivity contribution is 5.97. The van der Waals surface area contributed by atoms with Crippen molar-refractivity contribution in [2.75, 3.05) is 6.54 Å². The Balaban J connectivity index is 2.23. The largest absolute Gasteiger partial charge is 0.331 e. The highest BCUT2D eigenvalue weighted by Gasteiger charge is 2.27. The number of fused-ring (bicyclic) bond motifs is 1. The summed E-state index contributed by atoms with van der Waals surface area (Å²) in [5.74, 6) is 0.631. The Morgan fingerprint density at radius 3 is 2.92 bits per heavy atom. The summed E-state index contributed by atoms with van der Waals surface area (Å²) in [7, 11) is 0. The monoisotopic (exact) mass is 181 g/mol. The molecule has 1 saturated heterocycles. The molecule has 70 valence electrons. The van der Waals surface area contributed by atoms with Crippen LogP contribution in [0.3, 0.4) is 0 Å². The van der Waals surface area contributed by atoms with Crippen molar-refractivity contribution in [3.8, 4) is 0 Å². The topological polar surface area (TPSA) is 61.4 Å². The highest BCUT2D eigenvalue weighted by Crippen LogP contribution is 2.14.